The summed E-state index contributed by atoms with van der Waals surface area (Å²) in [7, 11) is 0. The van der Waals surface area contributed by atoms with Crippen LogP contribution in [0, 0.1) is 11.7 Å². The molecule has 0 radical (unpaired) electrons. The molecule has 1 aromatic heterocycles. The molecule has 3 N–H and O–H groups in total. The number of amides is 1. The first kappa shape index (κ1) is 32.8. The number of aliphatic hydroxyl groups excluding tert-OH is 3. The van der Waals surface area contributed by atoms with Crippen molar-refractivity contribution in [1.82, 2.24) is 19.8 Å². The molecule has 5 rings (SSSR count). The maximum atomic E-state index is 15.0. The van der Waals surface area contributed by atoms with Crippen molar-refractivity contribution in [3.8, 4) is 5.75 Å². The van der Waals surface area contributed by atoms with Crippen LogP contribution in [0.2, 0.25) is 5.02 Å². The van der Waals surface area contributed by atoms with Crippen molar-refractivity contribution in [2.45, 2.75) is 75.5 Å². The van der Waals surface area contributed by atoms with Crippen molar-refractivity contribution in [1.29, 1.82) is 0 Å². The van der Waals surface area contributed by atoms with Crippen molar-refractivity contribution >= 4 is 23.5 Å². The standard InChI is InChI=1S/C32H45ClFN5O5/c33-25-19-35-31(36-20-25)37-12-6-23(7-13-37)3-1-16-44-26-5-4-24(27(34)18-26)17-30(43)38-14-10-32(22-38)9-2-11-39(32)21-29(42)28(41)8-15-40/h4-5,18-20,23,28-29,40-42H,1-3,6-17,21-22H2/t28-,29+,32?/m1/s1. The topological polar surface area (TPSA) is 122 Å². The van der Waals surface area contributed by atoms with Crippen molar-refractivity contribution < 1.29 is 29.2 Å². The highest BCUT2D eigenvalue weighted by Gasteiger charge is 2.47. The minimum absolute atomic E-state index is 0.0141. The second-order valence-electron chi connectivity index (χ2n) is 12.5. The monoisotopic (exact) mass is 633 g/mol. The molecule has 3 aliphatic heterocycles. The van der Waals surface area contributed by atoms with Gasteiger partial charge in [0.05, 0.1) is 42.7 Å². The second-order valence-corrected chi connectivity index (χ2v) is 13.0. The number of β-amino-alcohol motifs (C(OH)–C–C–N with tert-alkyl or cyclic N) is 1. The van der Waals surface area contributed by atoms with Gasteiger partial charge in [-0.25, -0.2) is 14.4 Å². The summed E-state index contributed by atoms with van der Waals surface area (Å²) in [5.74, 6) is 1.24. The molecule has 2 aromatic rings. The van der Waals surface area contributed by atoms with Gasteiger partial charge in [0.2, 0.25) is 11.9 Å². The molecule has 3 saturated heterocycles. The number of halogens is 2. The largest absolute Gasteiger partial charge is 0.493 e. The van der Waals surface area contributed by atoms with Crippen LogP contribution in [0.4, 0.5) is 10.3 Å². The van der Waals surface area contributed by atoms with E-state index in [2.05, 4.69) is 19.8 Å². The lowest BCUT2D eigenvalue weighted by Gasteiger charge is -2.37. The number of piperidine rings is 1. The Bertz CT molecular complexity index is 1230. The number of aliphatic hydroxyl groups is 3. The SMILES string of the molecule is O=C(Cc1ccc(OCCCC2CCN(c3ncc(Cl)cn3)CC2)cc1F)N1CCC2(CCCN2C[C@H](O)[C@H](O)CCO)C1. The van der Waals surface area contributed by atoms with E-state index in [0.717, 1.165) is 70.5 Å². The van der Waals surface area contributed by atoms with Gasteiger partial charge in [-0.1, -0.05) is 17.7 Å². The highest BCUT2D eigenvalue weighted by atomic mass is 35.5. The predicted octanol–water partition coefficient (Wildman–Crippen LogP) is 3.06. The number of anilines is 1. The maximum Gasteiger partial charge on any atom is 0.227 e. The Balaban J connectivity index is 1.03. The van der Waals surface area contributed by atoms with Crippen molar-refractivity contribution in [2.24, 2.45) is 5.92 Å². The van der Waals surface area contributed by atoms with Crippen molar-refractivity contribution in [3.05, 3.63) is 47.0 Å². The van der Waals surface area contributed by atoms with Gasteiger partial charge in [-0.2, -0.15) is 0 Å². The number of carbonyl (C=O) groups is 1. The van der Waals surface area contributed by atoms with Crippen molar-refractivity contribution in [3.63, 3.8) is 0 Å². The molecule has 3 fully saturated rings. The van der Waals surface area contributed by atoms with Gasteiger partial charge in [-0.05, 0) is 75.5 Å². The van der Waals surface area contributed by atoms with E-state index < -0.39 is 18.0 Å². The first-order valence-corrected chi connectivity index (χ1v) is 16.3. The third-order valence-electron chi connectivity index (χ3n) is 9.60. The minimum Gasteiger partial charge on any atom is -0.493 e. The number of rotatable bonds is 13. The molecule has 0 saturated carbocycles. The number of hydrogen-bond donors (Lipinski definition) is 3. The molecule has 4 heterocycles. The van der Waals surface area contributed by atoms with Gasteiger partial charge in [0.25, 0.3) is 0 Å². The van der Waals surface area contributed by atoms with Crippen LogP contribution in [-0.2, 0) is 11.2 Å². The van der Waals surface area contributed by atoms with Gasteiger partial charge < -0.3 is 29.9 Å². The zero-order chi connectivity index (χ0) is 31.1. The molecule has 1 unspecified atom stereocenters. The van der Waals surface area contributed by atoms with E-state index in [1.165, 1.54) is 6.07 Å². The number of ether oxygens (including phenoxy) is 1. The maximum absolute atomic E-state index is 15.0. The van der Waals surface area contributed by atoms with Gasteiger partial charge in [0.1, 0.15) is 11.6 Å². The molecule has 242 valence electrons. The normalized spacial score (nSPS) is 22.6. The van der Waals surface area contributed by atoms with Crippen LogP contribution in [0.3, 0.4) is 0 Å². The molecular formula is C32H45ClFN5O5. The van der Waals surface area contributed by atoms with Gasteiger partial charge in [0.15, 0.2) is 0 Å². The van der Waals surface area contributed by atoms with Gasteiger partial charge in [-0.3, -0.25) is 9.69 Å². The van der Waals surface area contributed by atoms with Crippen LogP contribution in [0.1, 0.15) is 56.9 Å². The lowest BCUT2D eigenvalue weighted by atomic mass is 9.92. The number of hydrogen-bond acceptors (Lipinski definition) is 9. The smallest absolute Gasteiger partial charge is 0.227 e. The van der Waals surface area contributed by atoms with E-state index in [4.69, 9.17) is 21.4 Å². The highest BCUT2D eigenvalue weighted by molar-refractivity contribution is 6.30. The summed E-state index contributed by atoms with van der Waals surface area (Å²) >= 11 is 5.89. The highest BCUT2D eigenvalue weighted by Crippen LogP contribution is 2.38. The van der Waals surface area contributed by atoms with Gasteiger partial charge >= 0.3 is 0 Å². The van der Waals surface area contributed by atoms with E-state index in [1.807, 2.05) is 0 Å². The Morgan fingerprint density at radius 2 is 1.89 bits per heavy atom. The average molecular weight is 634 g/mol. The number of likely N-dealkylation sites (tertiary alicyclic amines) is 2. The summed E-state index contributed by atoms with van der Waals surface area (Å²) in [6.07, 6.45) is 8.14. The number of aromatic nitrogens is 2. The average Bonchev–Trinajstić information content (AvgIpc) is 3.63. The van der Waals surface area contributed by atoms with Crippen LogP contribution >= 0.6 is 11.6 Å². The second kappa shape index (κ2) is 15.1. The molecule has 3 atom stereocenters. The van der Waals surface area contributed by atoms with Gasteiger partial charge in [-0.15, -0.1) is 0 Å². The zero-order valence-corrected chi connectivity index (χ0v) is 26.0. The summed E-state index contributed by atoms with van der Waals surface area (Å²) in [6, 6.07) is 4.75. The van der Waals surface area contributed by atoms with E-state index in [1.54, 1.807) is 29.4 Å². The van der Waals surface area contributed by atoms with Crippen LogP contribution in [-0.4, -0.2) is 111 Å². The molecule has 1 spiro atoms. The summed E-state index contributed by atoms with van der Waals surface area (Å²) in [5, 5.41) is 30.1. The summed E-state index contributed by atoms with van der Waals surface area (Å²) in [6.45, 7) is 4.36. The molecule has 44 heavy (non-hydrogen) atoms. The van der Waals surface area contributed by atoms with Crippen LogP contribution in [0.25, 0.3) is 0 Å². The van der Waals surface area contributed by atoms with Crippen molar-refractivity contribution in [2.75, 3.05) is 57.4 Å². The number of nitrogens with zero attached hydrogens (tertiary/aromatic N) is 5. The quantitative estimate of drug-likeness (QED) is 0.286. The first-order valence-electron chi connectivity index (χ1n) is 15.9. The minimum atomic E-state index is -0.979. The fourth-order valence-corrected chi connectivity index (χ4v) is 7.07. The van der Waals surface area contributed by atoms with E-state index in [9.17, 15) is 19.4 Å². The third-order valence-corrected chi connectivity index (χ3v) is 9.79. The molecule has 10 nitrogen and oxygen atoms in total. The van der Waals surface area contributed by atoms with Gasteiger partial charge in [0, 0.05) is 50.9 Å². The third kappa shape index (κ3) is 8.17. The lowest BCUT2D eigenvalue weighted by molar-refractivity contribution is -0.130. The number of benzene rings is 1. The van der Waals surface area contributed by atoms with Crippen LogP contribution in [0.5, 0.6) is 5.75 Å². The zero-order valence-electron chi connectivity index (χ0n) is 25.3. The molecule has 1 amide bonds. The molecule has 3 aliphatic rings. The van der Waals surface area contributed by atoms with E-state index in [0.29, 0.717) is 48.5 Å². The molecule has 12 heteroatoms. The Kier molecular flexibility index (Phi) is 11.3. The van der Waals surface area contributed by atoms with Crippen LogP contribution < -0.4 is 9.64 Å². The summed E-state index contributed by atoms with van der Waals surface area (Å²) in [5.41, 5.74) is 0.124. The Hall–Kier alpha value is -2.57. The first-order chi connectivity index (χ1) is 21.3. The summed E-state index contributed by atoms with van der Waals surface area (Å²) in [4.78, 5) is 27.9. The van der Waals surface area contributed by atoms with E-state index >= 15 is 0 Å². The van der Waals surface area contributed by atoms with E-state index in [-0.39, 0.29) is 30.9 Å². The van der Waals surface area contributed by atoms with Crippen LogP contribution in [0.15, 0.2) is 30.6 Å². The molecule has 0 aliphatic carbocycles. The molecule has 1 aromatic carbocycles. The predicted molar refractivity (Wildman–Crippen MR) is 165 cm³/mol. The fraction of sp³-hybridized carbons (Fsp3) is 0.656. The number of carbonyl (C=O) groups excluding carboxylic acids is 1. The Morgan fingerprint density at radius 1 is 1.11 bits per heavy atom. The lowest BCUT2D eigenvalue weighted by Crippen LogP contribution is -2.51. The molecular weight excluding hydrogens is 589 g/mol. The molecule has 0 bridgehead atoms. The Labute approximate surface area is 263 Å². The Morgan fingerprint density at radius 3 is 2.61 bits per heavy atom. The summed E-state index contributed by atoms with van der Waals surface area (Å²) < 4.78 is 20.8. The fourth-order valence-electron chi connectivity index (χ4n) is 6.97.